The Kier molecular flexibility index (Phi) is 5.94. The number of benzene rings is 2. The minimum Gasteiger partial charge on any atom is -0.497 e. The van der Waals surface area contributed by atoms with Crippen LogP contribution in [0, 0.1) is 0 Å². The van der Waals surface area contributed by atoms with Gasteiger partial charge in [-0.2, -0.15) is 0 Å². The topological polar surface area (TPSA) is 39.9 Å². The molecule has 25 heavy (non-hydrogen) atoms. The van der Waals surface area contributed by atoms with Crippen molar-refractivity contribution in [2.45, 2.75) is 17.5 Å². The molecular formula is C19H18BrN3OS. The number of nitrogens with zero attached hydrogens (tertiary/aromatic N) is 3. The van der Waals surface area contributed by atoms with Crippen molar-refractivity contribution in [3.05, 3.63) is 71.2 Å². The number of hydrogen-bond donors (Lipinski definition) is 0. The maximum absolute atomic E-state index is 5.31. The molecule has 0 saturated carbocycles. The predicted octanol–water partition coefficient (Wildman–Crippen LogP) is 5.19. The van der Waals surface area contributed by atoms with E-state index in [1.807, 2.05) is 42.5 Å². The summed E-state index contributed by atoms with van der Waals surface area (Å²) in [4.78, 5) is 0. The summed E-state index contributed by atoms with van der Waals surface area (Å²) < 4.78 is 8.47. The van der Waals surface area contributed by atoms with Crippen LogP contribution in [0.2, 0.25) is 0 Å². The van der Waals surface area contributed by atoms with E-state index in [-0.39, 0.29) is 0 Å². The number of rotatable bonds is 7. The number of halogens is 1. The zero-order valence-electron chi connectivity index (χ0n) is 13.9. The Morgan fingerprint density at radius 1 is 1.20 bits per heavy atom. The highest BCUT2D eigenvalue weighted by Crippen LogP contribution is 2.28. The van der Waals surface area contributed by atoms with Crippen molar-refractivity contribution in [2.24, 2.45) is 0 Å². The molecule has 0 radical (unpaired) electrons. The van der Waals surface area contributed by atoms with E-state index < -0.39 is 0 Å². The first-order chi connectivity index (χ1) is 12.2. The van der Waals surface area contributed by atoms with Crippen molar-refractivity contribution < 1.29 is 4.74 Å². The third-order valence-corrected chi connectivity index (χ3v) is 5.14. The number of thioether (sulfide) groups is 1. The Morgan fingerprint density at radius 2 is 2.04 bits per heavy atom. The molecule has 3 rings (SSSR count). The molecule has 0 aliphatic carbocycles. The first kappa shape index (κ1) is 17.8. The minimum absolute atomic E-state index is 0.653. The number of allylic oxidation sites excluding steroid dienone is 1. The lowest BCUT2D eigenvalue weighted by Crippen LogP contribution is -2.01. The standard InChI is InChI=1S/C19H18BrN3OS/c1-3-10-23-18(15-7-5-9-17(12-15)24-2)21-22-19(23)25-13-14-6-4-8-16(20)11-14/h3-9,11-12H,1,10,13H2,2H3. The highest BCUT2D eigenvalue weighted by molar-refractivity contribution is 9.10. The quantitative estimate of drug-likeness (QED) is 0.392. The highest BCUT2D eigenvalue weighted by atomic mass is 79.9. The van der Waals surface area contributed by atoms with E-state index in [9.17, 15) is 0 Å². The summed E-state index contributed by atoms with van der Waals surface area (Å²) in [5.74, 6) is 2.44. The fraction of sp³-hybridized carbons (Fsp3) is 0.158. The Balaban J connectivity index is 1.87. The van der Waals surface area contributed by atoms with E-state index in [0.29, 0.717) is 6.54 Å². The third kappa shape index (κ3) is 4.32. The molecule has 0 amide bonds. The molecule has 0 atom stereocenters. The maximum Gasteiger partial charge on any atom is 0.192 e. The van der Waals surface area contributed by atoms with Crippen molar-refractivity contribution in [1.82, 2.24) is 14.8 Å². The molecule has 3 aromatic rings. The summed E-state index contributed by atoms with van der Waals surface area (Å²) in [6.07, 6.45) is 1.86. The molecule has 0 bridgehead atoms. The van der Waals surface area contributed by atoms with Gasteiger partial charge in [0, 0.05) is 22.3 Å². The number of aromatic nitrogens is 3. The Hall–Kier alpha value is -2.05. The monoisotopic (exact) mass is 415 g/mol. The van der Waals surface area contributed by atoms with Gasteiger partial charge < -0.3 is 4.74 Å². The summed E-state index contributed by atoms with van der Waals surface area (Å²) in [5, 5.41) is 9.64. The van der Waals surface area contributed by atoms with Crippen LogP contribution in [0.4, 0.5) is 0 Å². The molecule has 1 aromatic heterocycles. The van der Waals surface area contributed by atoms with Gasteiger partial charge in [0.05, 0.1) is 7.11 Å². The van der Waals surface area contributed by atoms with Crippen LogP contribution in [0.5, 0.6) is 5.75 Å². The Bertz CT molecular complexity index is 879. The number of ether oxygens (including phenoxy) is 1. The molecule has 4 nitrogen and oxygen atoms in total. The first-order valence-electron chi connectivity index (χ1n) is 7.77. The lowest BCUT2D eigenvalue weighted by Gasteiger charge is -2.09. The van der Waals surface area contributed by atoms with Gasteiger partial charge in [0.1, 0.15) is 5.75 Å². The van der Waals surface area contributed by atoms with Gasteiger partial charge >= 0.3 is 0 Å². The second-order valence-electron chi connectivity index (χ2n) is 5.36. The maximum atomic E-state index is 5.31. The Morgan fingerprint density at radius 3 is 2.80 bits per heavy atom. The van der Waals surface area contributed by atoms with Crippen LogP contribution in [0.1, 0.15) is 5.56 Å². The lowest BCUT2D eigenvalue weighted by molar-refractivity contribution is 0.415. The van der Waals surface area contributed by atoms with Gasteiger partial charge in [-0.1, -0.05) is 58.0 Å². The van der Waals surface area contributed by atoms with Crippen molar-refractivity contribution in [2.75, 3.05) is 7.11 Å². The van der Waals surface area contributed by atoms with Crippen LogP contribution in [-0.4, -0.2) is 21.9 Å². The van der Waals surface area contributed by atoms with E-state index in [0.717, 1.165) is 32.5 Å². The molecule has 1 heterocycles. The molecule has 0 N–H and O–H groups in total. The summed E-state index contributed by atoms with van der Waals surface area (Å²) in [6, 6.07) is 16.1. The molecule has 0 saturated heterocycles. The van der Waals surface area contributed by atoms with Gasteiger partial charge in [-0.3, -0.25) is 4.57 Å². The van der Waals surface area contributed by atoms with Crippen molar-refractivity contribution in [1.29, 1.82) is 0 Å². The van der Waals surface area contributed by atoms with Gasteiger partial charge in [-0.05, 0) is 29.8 Å². The molecule has 6 heteroatoms. The van der Waals surface area contributed by atoms with E-state index >= 15 is 0 Å². The zero-order valence-corrected chi connectivity index (χ0v) is 16.3. The van der Waals surface area contributed by atoms with Gasteiger partial charge in [0.2, 0.25) is 0 Å². The molecular weight excluding hydrogens is 398 g/mol. The Labute approximate surface area is 160 Å². The lowest BCUT2D eigenvalue weighted by atomic mass is 10.2. The molecule has 0 spiro atoms. The summed E-state index contributed by atoms with van der Waals surface area (Å²) >= 11 is 5.17. The smallest absolute Gasteiger partial charge is 0.192 e. The van der Waals surface area contributed by atoms with E-state index in [1.54, 1.807) is 18.9 Å². The SMILES string of the molecule is C=CCn1c(SCc2cccc(Br)c2)nnc1-c1cccc(OC)c1. The van der Waals surface area contributed by atoms with E-state index in [4.69, 9.17) is 4.74 Å². The molecule has 0 fully saturated rings. The van der Waals surface area contributed by atoms with Crippen molar-refractivity contribution in [3.63, 3.8) is 0 Å². The number of hydrogen-bond acceptors (Lipinski definition) is 4. The average molecular weight is 416 g/mol. The van der Waals surface area contributed by atoms with Crippen LogP contribution >= 0.6 is 27.7 Å². The highest BCUT2D eigenvalue weighted by Gasteiger charge is 2.14. The third-order valence-electron chi connectivity index (χ3n) is 3.61. The first-order valence-corrected chi connectivity index (χ1v) is 9.55. The van der Waals surface area contributed by atoms with Crippen LogP contribution in [0.15, 0.2) is 70.8 Å². The van der Waals surface area contributed by atoms with Crippen LogP contribution < -0.4 is 4.74 Å². The second-order valence-corrected chi connectivity index (χ2v) is 7.21. The minimum atomic E-state index is 0.653. The van der Waals surface area contributed by atoms with Gasteiger partial charge in [0.25, 0.3) is 0 Å². The van der Waals surface area contributed by atoms with Crippen LogP contribution in [0.25, 0.3) is 11.4 Å². The van der Waals surface area contributed by atoms with Gasteiger partial charge in [-0.25, -0.2) is 0 Å². The normalized spacial score (nSPS) is 10.6. The molecule has 0 aliphatic rings. The van der Waals surface area contributed by atoms with Crippen molar-refractivity contribution in [3.8, 4) is 17.1 Å². The fourth-order valence-electron chi connectivity index (χ4n) is 2.44. The molecule has 2 aromatic carbocycles. The zero-order chi connectivity index (χ0) is 17.6. The summed E-state index contributed by atoms with van der Waals surface area (Å²) in [6.45, 7) is 4.51. The van der Waals surface area contributed by atoms with Gasteiger partial charge in [-0.15, -0.1) is 16.8 Å². The van der Waals surface area contributed by atoms with Gasteiger partial charge in [0.15, 0.2) is 11.0 Å². The predicted molar refractivity (Wildman–Crippen MR) is 106 cm³/mol. The summed E-state index contributed by atoms with van der Waals surface area (Å²) in [7, 11) is 1.66. The van der Waals surface area contributed by atoms with E-state index in [2.05, 4.69) is 49.4 Å². The largest absolute Gasteiger partial charge is 0.497 e. The number of methoxy groups -OCH3 is 1. The van der Waals surface area contributed by atoms with Crippen LogP contribution in [0.3, 0.4) is 0 Å². The second kappa shape index (κ2) is 8.36. The molecule has 0 aliphatic heterocycles. The van der Waals surface area contributed by atoms with Crippen molar-refractivity contribution >= 4 is 27.7 Å². The summed E-state index contributed by atoms with van der Waals surface area (Å²) in [5.41, 5.74) is 2.21. The average Bonchev–Trinajstić information content (AvgIpc) is 3.03. The molecule has 128 valence electrons. The van der Waals surface area contributed by atoms with E-state index in [1.165, 1.54) is 5.56 Å². The molecule has 0 unspecified atom stereocenters. The van der Waals surface area contributed by atoms with Crippen LogP contribution in [-0.2, 0) is 12.3 Å². The fourth-order valence-corrected chi connectivity index (χ4v) is 3.78.